The van der Waals surface area contributed by atoms with Crippen LogP contribution in [-0.2, 0) is 13.0 Å². The summed E-state index contributed by atoms with van der Waals surface area (Å²) in [7, 11) is 0. The Hall–Kier alpha value is -1.61. The van der Waals surface area contributed by atoms with Crippen LogP contribution < -0.4 is 0 Å². The number of aliphatic hydroxyl groups is 1. The molecule has 0 bridgehead atoms. The first-order valence-electron chi connectivity index (χ1n) is 5.41. The summed E-state index contributed by atoms with van der Waals surface area (Å²) in [6.07, 6.45) is 0.831. The lowest BCUT2D eigenvalue weighted by atomic mass is 10.1. The van der Waals surface area contributed by atoms with E-state index in [1.165, 1.54) is 0 Å². The zero-order valence-corrected chi connectivity index (χ0v) is 9.53. The second-order valence-electron chi connectivity index (χ2n) is 3.71. The van der Waals surface area contributed by atoms with E-state index in [0.717, 1.165) is 29.0 Å². The third-order valence-corrected chi connectivity index (χ3v) is 2.54. The average molecular weight is 217 g/mol. The van der Waals surface area contributed by atoms with Crippen molar-refractivity contribution in [2.75, 3.05) is 0 Å². The molecule has 3 nitrogen and oxygen atoms in total. The Labute approximate surface area is 94.8 Å². The monoisotopic (exact) mass is 217 g/mol. The standard InChI is InChI=1S/C13H15NO2/c1-3-12-13(14-9(2)16-12)11-6-4-10(8-15)5-7-11/h4-7,15H,3,8H2,1-2H3. The molecular weight excluding hydrogens is 202 g/mol. The van der Waals surface area contributed by atoms with Crippen molar-refractivity contribution in [1.82, 2.24) is 4.98 Å². The summed E-state index contributed by atoms with van der Waals surface area (Å²) in [6, 6.07) is 7.72. The van der Waals surface area contributed by atoms with Gasteiger partial charge in [-0.1, -0.05) is 31.2 Å². The molecule has 84 valence electrons. The number of rotatable bonds is 3. The van der Waals surface area contributed by atoms with Crippen LogP contribution in [0.3, 0.4) is 0 Å². The van der Waals surface area contributed by atoms with Gasteiger partial charge in [-0.05, 0) is 5.56 Å². The molecule has 0 saturated carbocycles. The van der Waals surface area contributed by atoms with Gasteiger partial charge in [-0.2, -0.15) is 0 Å². The van der Waals surface area contributed by atoms with E-state index in [2.05, 4.69) is 4.98 Å². The Bertz CT molecular complexity index is 471. The van der Waals surface area contributed by atoms with E-state index in [0.29, 0.717) is 5.89 Å². The molecule has 1 aromatic carbocycles. The topological polar surface area (TPSA) is 46.3 Å². The summed E-state index contributed by atoms with van der Waals surface area (Å²) < 4.78 is 5.51. The first-order chi connectivity index (χ1) is 7.74. The Morgan fingerprint density at radius 3 is 2.50 bits per heavy atom. The van der Waals surface area contributed by atoms with Crippen molar-refractivity contribution >= 4 is 0 Å². The van der Waals surface area contributed by atoms with Crippen LogP contribution in [0.5, 0.6) is 0 Å². The van der Waals surface area contributed by atoms with E-state index in [-0.39, 0.29) is 6.61 Å². The summed E-state index contributed by atoms with van der Waals surface area (Å²) >= 11 is 0. The zero-order chi connectivity index (χ0) is 11.5. The van der Waals surface area contributed by atoms with Gasteiger partial charge in [-0.15, -0.1) is 0 Å². The van der Waals surface area contributed by atoms with E-state index in [4.69, 9.17) is 9.52 Å². The lowest BCUT2D eigenvalue weighted by Gasteiger charge is -2.00. The number of hydrogen-bond acceptors (Lipinski definition) is 3. The largest absolute Gasteiger partial charge is 0.445 e. The van der Waals surface area contributed by atoms with Crippen LogP contribution >= 0.6 is 0 Å². The maximum absolute atomic E-state index is 8.97. The summed E-state index contributed by atoms with van der Waals surface area (Å²) in [4.78, 5) is 4.38. The van der Waals surface area contributed by atoms with Gasteiger partial charge in [-0.25, -0.2) is 4.98 Å². The summed E-state index contributed by atoms with van der Waals surface area (Å²) in [5.74, 6) is 1.60. The molecule has 0 atom stereocenters. The number of benzene rings is 1. The minimum atomic E-state index is 0.0682. The molecule has 0 fully saturated rings. The molecule has 2 rings (SSSR count). The Balaban J connectivity index is 2.41. The summed E-state index contributed by atoms with van der Waals surface area (Å²) in [5, 5.41) is 8.97. The molecule has 0 radical (unpaired) electrons. The molecule has 0 unspecified atom stereocenters. The molecular formula is C13H15NO2. The molecule has 0 amide bonds. The number of aromatic nitrogens is 1. The van der Waals surface area contributed by atoms with Crippen LogP contribution in [0.2, 0.25) is 0 Å². The third-order valence-electron chi connectivity index (χ3n) is 2.54. The highest BCUT2D eigenvalue weighted by Crippen LogP contribution is 2.24. The van der Waals surface area contributed by atoms with Gasteiger partial charge in [0.2, 0.25) is 0 Å². The molecule has 1 N–H and O–H groups in total. The molecule has 1 aromatic heterocycles. The predicted molar refractivity (Wildman–Crippen MR) is 62.0 cm³/mol. The smallest absolute Gasteiger partial charge is 0.191 e. The number of aliphatic hydroxyl groups excluding tert-OH is 1. The molecule has 0 aliphatic rings. The zero-order valence-electron chi connectivity index (χ0n) is 9.53. The quantitative estimate of drug-likeness (QED) is 0.859. The van der Waals surface area contributed by atoms with Gasteiger partial charge in [-0.3, -0.25) is 0 Å². The lowest BCUT2D eigenvalue weighted by molar-refractivity contribution is 0.282. The first-order valence-corrected chi connectivity index (χ1v) is 5.41. The van der Waals surface area contributed by atoms with Crippen LogP contribution in [0, 0.1) is 6.92 Å². The lowest BCUT2D eigenvalue weighted by Crippen LogP contribution is -1.86. The van der Waals surface area contributed by atoms with E-state index < -0.39 is 0 Å². The van der Waals surface area contributed by atoms with Crippen molar-refractivity contribution in [1.29, 1.82) is 0 Å². The van der Waals surface area contributed by atoms with Crippen LogP contribution in [0.25, 0.3) is 11.3 Å². The van der Waals surface area contributed by atoms with Gasteiger partial charge >= 0.3 is 0 Å². The van der Waals surface area contributed by atoms with Crippen molar-refractivity contribution in [3.8, 4) is 11.3 Å². The Morgan fingerprint density at radius 2 is 1.94 bits per heavy atom. The summed E-state index contributed by atoms with van der Waals surface area (Å²) in [6.45, 7) is 3.97. The van der Waals surface area contributed by atoms with Gasteiger partial charge < -0.3 is 9.52 Å². The summed E-state index contributed by atoms with van der Waals surface area (Å²) in [5.41, 5.74) is 2.84. The highest BCUT2D eigenvalue weighted by molar-refractivity contribution is 5.61. The van der Waals surface area contributed by atoms with Crippen LogP contribution in [-0.4, -0.2) is 10.1 Å². The number of aryl methyl sites for hydroxylation is 2. The van der Waals surface area contributed by atoms with Crippen molar-refractivity contribution in [3.05, 3.63) is 41.5 Å². The second kappa shape index (κ2) is 4.49. The molecule has 0 saturated heterocycles. The average Bonchev–Trinajstić information content (AvgIpc) is 2.70. The van der Waals surface area contributed by atoms with Gasteiger partial charge in [0.1, 0.15) is 11.5 Å². The minimum absolute atomic E-state index is 0.0682. The maximum atomic E-state index is 8.97. The van der Waals surface area contributed by atoms with Gasteiger partial charge in [0.05, 0.1) is 6.61 Å². The minimum Gasteiger partial charge on any atom is -0.445 e. The van der Waals surface area contributed by atoms with Crippen molar-refractivity contribution in [3.63, 3.8) is 0 Å². The van der Waals surface area contributed by atoms with Gasteiger partial charge in [0.25, 0.3) is 0 Å². The fourth-order valence-corrected chi connectivity index (χ4v) is 1.70. The molecule has 1 heterocycles. The van der Waals surface area contributed by atoms with E-state index in [1.807, 2.05) is 38.1 Å². The number of oxazole rings is 1. The van der Waals surface area contributed by atoms with Gasteiger partial charge in [0.15, 0.2) is 5.89 Å². The molecule has 0 aliphatic carbocycles. The van der Waals surface area contributed by atoms with Crippen LogP contribution in [0.4, 0.5) is 0 Å². The van der Waals surface area contributed by atoms with E-state index in [9.17, 15) is 0 Å². The first kappa shape index (κ1) is 10.9. The molecule has 16 heavy (non-hydrogen) atoms. The predicted octanol–water partition coefficient (Wildman–Crippen LogP) is 2.70. The highest BCUT2D eigenvalue weighted by Gasteiger charge is 2.10. The number of hydrogen-bond donors (Lipinski definition) is 1. The fourth-order valence-electron chi connectivity index (χ4n) is 1.70. The molecule has 0 spiro atoms. The molecule has 2 aromatic rings. The normalized spacial score (nSPS) is 10.7. The maximum Gasteiger partial charge on any atom is 0.191 e. The second-order valence-corrected chi connectivity index (χ2v) is 3.71. The van der Waals surface area contributed by atoms with E-state index >= 15 is 0 Å². The van der Waals surface area contributed by atoms with E-state index in [1.54, 1.807) is 0 Å². The third kappa shape index (κ3) is 1.99. The fraction of sp³-hybridized carbons (Fsp3) is 0.308. The van der Waals surface area contributed by atoms with Crippen molar-refractivity contribution < 1.29 is 9.52 Å². The Kier molecular flexibility index (Phi) is 3.06. The van der Waals surface area contributed by atoms with Crippen molar-refractivity contribution in [2.45, 2.75) is 26.9 Å². The Morgan fingerprint density at radius 1 is 1.25 bits per heavy atom. The van der Waals surface area contributed by atoms with Gasteiger partial charge in [0, 0.05) is 18.9 Å². The van der Waals surface area contributed by atoms with Crippen LogP contribution in [0.15, 0.2) is 28.7 Å². The number of nitrogens with zero attached hydrogens (tertiary/aromatic N) is 1. The molecule has 3 heteroatoms. The highest BCUT2D eigenvalue weighted by atomic mass is 16.4. The van der Waals surface area contributed by atoms with Crippen molar-refractivity contribution in [2.24, 2.45) is 0 Å². The van der Waals surface area contributed by atoms with Crippen LogP contribution in [0.1, 0.15) is 24.1 Å². The SMILES string of the molecule is CCc1oc(C)nc1-c1ccc(CO)cc1. The molecule has 0 aliphatic heterocycles.